The molecule has 0 radical (unpaired) electrons. The zero-order valence-electron chi connectivity index (χ0n) is 56.4. The van der Waals surface area contributed by atoms with Gasteiger partial charge in [0, 0.05) is 93.8 Å². The van der Waals surface area contributed by atoms with Gasteiger partial charge in [-0.3, -0.25) is 0 Å². The van der Waals surface area contributed by atoms with Crippen molar-refractivity contribution >= 4 is 98.8 Å². The molecular weight excluding hydrogens is 1290 g/mol. The van der Waals surface area contributed by atoms with E-state index in [-0.39, 0.29) is 0 Å². The number of benzene rings is 14. The molecule has 0 aliphatic heterocycles. The standard InChI is InChI=1S/2C32H20N2O.C31H19N3O/c1-3-10-21(11-4-1)30-27-20-23(18-19-28(27)33-32(34-30)22-12-5-2-6-13-22)24-15-9-16-26-25-14-7-8-17-29(25)35-31(24)26;1-3-10-21(11-4-1)30-27-19-18-23(20-28(27)33-32(34-30)22-12-5-2-6-13-22)24-15-9-16-26-25-14-7-8-17-29(25)35-31(24)26;1-2-8-21(9-3-1)30-29(33-25-12-7-19-32-31(25)34-30)22-17-15-20(16-18-22)23-11-6-14-27-28(23)24-10-4-5-13-26(24)35-27/h2*1-20H;1-19H. The molecule has 0 bridgehead atoms. The second-order valence-corrected chi connectivity index (χ2v) is 25.8. The summed E-state index contributed by atoms with van der Waals surface area (Å²) in [6.45, 7) is 0. The average molecular weight is 1350 g/mol. The average Bonchev–Trinajstić information content (AvgIpc) is 1.72. The van der Waals surface area contributed by atoms with Gasteiger partial charge in [-0.1, -0.05) is 291 Å². The molecule has 21 rings (SSSR count). The lowest BCUT2D eigenvalue weighted by Crippen LogP contribution is -1.96. The minimum absolute atomic E-state index is 0.644. The predicted molar refractivity (Wildman–Crippen MR) is 427 cm³/mol. The summed E-state index contributed by atoms with van der Waals surface area (Å²) in [6.07, 6.45) is 1.75. The van der Waals surface area contributed by atoms with E-state index in [1.807, 2.05) is 176 Å². The maximum absolute atomic E-state index is 6.31. The van der Waals surface area contributed by atoms with Crippen molar-refractivity contribution in [1.29, 1.82) is 0 Å². The summed E-state index contributed by atoms with van der Waals surface area (Å²) in [5.41, 5.74) is 24.9. The zero-order valence-corrected chi connectivity index (χ0v) is 56.4. The normalized spacial score (nSPS) is 11.4. The van der Waals surface area contributed by atoms with Crippen molar-refractivity contribution in [2.75, 3.05) is 0 Å². The molecule has 10 nitrogen and oxygen atoms in total. The van der Waals surface area contributed by atoms with E-state index < -0.39 is 0 Å². The van der Waals surface area contributed by atoms with Gasteiger partial charge < -0.3 is 13.3 Å². The van der Waals surface area contributed by atoms with Crippen LogP contribution in [0.2, 0.25) is 0 Å². The highest BCUT2D eigenvalue weighted by atomic mass is 16.3. The molecule has 0 amide bonds. The summed E-state index contributed by atoms with van der Waals surface area (Å²) in [7, 11) is 0. The molecule has 0 fully saturated rings. The van der Waals surface area contributed by atoms with Crippen LogP contribution < -0.4 is 0 Å². The third-order valence-electron chi connectivity index (χ3n) is 19.3. The third kappa shape index (κ3) is 11.6. The van der Waals surface area contributed by atoms with Crippen LogP contribution in [-0.4, -0.2) is 34.9 Å². The summed E-state index contributed by atoms with van der Waals surface area (Å²) in [5.74, 6) is 1.44. The van der Waals surface area contributed by atoms with Gasteiger partial charge in [0.1, 0.15) is 39.0 Å². The fourth-order valence-electron chi connectivity index (χ4n) is 14.3. The first-order valence-electron chi connectivity index (χ1n) is 34.9. The van der Waals surface area contributed by atoms with Gasteiger partial charge in [-0.05, 0) is 82.9 Å². The fourth-order valence-corrected chi connectivity index (χ4v) is 14.3. The number of pyridine rings is 1. The Hall–Kier alpha value is -14.4. The van der Waals surface area contributed by atoms with Crippen LogP contribution in [0.5, 0.6) is 0 Å². The van der Waals surface area contributed by atoms with Crippen molar-refractivity contribution in [2.45, 2.75) is 0 Å². The first-order valence-corrected chi connectivity index (χ1v) is 34.9. The first kappa shape index (κ1) is 61.7. The second kappa shape index (κ2) is 26.6. The minimum atomic E-state index is 0.644. The van der Waals surface area contributed by atoms with Gasteiger partial charge in [0.25, 0.3) is 0 Å². The van der Waals surface area contributed by atoms with Gasteiger partial charge in [0.15, 0.2) is 17.3 Å². The van der Waals surface area contributed by atoms with Crippen molar-refractivity contribution in [2.24, 2.45) is 0 Å². The van der Waals surface area contributed by atoms with E-state index >= 15 is 0 Å². The number of para-hydroxylation sites is 5. The largest absolute Gasteiger partial charge is 0.456 e. The number of fused-ring (bicyclic) bond motifs is 12. The molecule has 0 aliphatic carbocycles. The molecule has 0 spiro atoms. The number of nitrogens with zero attached hydrogens (tertiary/aromatic N) is 7. The molecule has 105 heavy (non-hydrogen) atoms. The molecule has 0 saturated heterocycles. The van der Waals surface area contributed by atoms with Crippen LogP contribution in [0, 0.1) is 0 Å². The fraction of sp³-hybridized carbons (Fsp3) is 0. The van der Waals surface area contributed by atoms with Gasteiger partial charge in [-0.2, -0.15) is 0 Å². The van der Waals surface area contributed by atoms with E-state index in [0.29, 0.717) is 5.65 Å². The summed E-state index contributed by atoms with van der Waals surface area (Å²) < 4.78 is 18.7. The smallest absolute Gasteiger partial charge is 0.178 e. The van der Waals surface area contributed by atoms with Crippen LogP contribution in [0.4, 0.5) is 0 Å². The summed E-state index contributed by atoms with van der Waals surface area (Å²) in [4.78, 5) is 34.2. The third-order valence-corrected chi connectivity index (χ3v) is 19.3. The maximum Gasteiger partial charge on any atom is 0.178 e. The monoisotopic (exact) mass is 1350 g/mol. The van der Waals surface area contributed by atoms with Crippen molar-refractivity contribution in [3.63, 3.8) is 0 Å². The molecule has 0 unspecified atom stereocenters. The van der Waals surface area contributed by atoms with Gasteiger partial charge >= 0.3 is 0 Å². The highest BCUT2D eigenvalue weighted by molar-refractivity contribution is 6.14. The molecular formula is C95H59N7O3. The minimum Gasteiger partial charge on any atom is -0.456 e. The Labute approximate surface area is 602 Å². The van der Waals surface area contributed by atoms with E-state index in [4.69, 9.17) is 43.2 Å². The lowest BCUT2D eigenvalue weighted by Gasteiger charge is -2.11. The van der Waals surface area contributed by atoms with Crippen molar-refractivity contribution in [3.8, 4) is 101 Å². The molecule has 0 saturated carbocycles. The number of rotatable bonds is 9. The molecule has 7 heterocycles. The van der Waals surface area contributed by atoms with Gasteiger partial charge in [-0.25, -0.2) is 34.9 Å². The van der Waals surface area contributed by atoms with E-state index in [0.717, 1.165) is 194 Å². The second-order valence-electron chi connectivity index (χ2n) is 25.8. The number of hydrogen-bond donors (Lipinski definition) is 0. The maximum atomic E-state index is 6.31. The Bertz CT molecular complexity index is 6820. The Morgan fingerprint density at radius 2 is 0.619 bits per heavy atom. The highest BCUT2D eigenvalue weighted by Crippen LogP contribution is 2.43. The van der Waals surface area contributed by atoms with Crippen LogP contribution in [0.25, 0.3) is 200 Å². The van der Waals surface area contributed by atoms with Crippen molar-refractivity contribution < 1.29 is 13.3 Å². The van der Waals surface area contributed by atoms with Gasteiger partial charge in [0.05, 0.1) is 33.8 Å². The summed E-state index contributed by atoms with van der Waals surface area (Å²) in [5, 5.41) is 8.81. The highest BCUT2D eigenvalue weighted by Gasteiger charge is 2.21. The van der Waals surface area contributed by atoms with Crippen LogP contribution in [0.3, 0.4) is 0 Å². The molecule has 0 atom stereocenters. The predicted octanol–water partition coefficient (Wildman–Crippen LogP) is 25.0. The van der Waals surface area contributed by atoms with E-state index in [1.54, 1.807) is 6.20 Å². The molecule has 0 aliphatic rings. The van der Waals surface area contributed by atoms with Gasteiger partial charge in [-0.15, -0.1) is 0 Å². The van der Waals surface area contributed by atoms with E-state index in [2.05, 4.69) is 181 Å². The van der Waals surface area contributed by atoms with E-state index in [1.165, 1.54) is 0 Å². The lowest BCUT2D eigenvalue weighted by atomic mass is 9.97. The Kier molecular flexibility index (Phi) is 15.7. The summed E-state index contributed by atoms with van der Waals surface area (Å²) in [6, 6.07) is 120. The first-order chi connectivity index (χ1) is 52.0. The zero-order chi connectivity index (χ0) is 69.6. The van der Waals surface area contributed by atoms with Crippen LogP contribution >= 0.6 is 0 Å². The van der Waals surface area contributed by atoms with Gasteiger partial charge in [0.2, 0.25) is 0 Å². The Morgan fingerprint density at radius 3 is 1.21 bits per heavy atom. The van der Waals surface area contributed by atoms with Crippen molar-refractivity contribution in [3.05, 3.63) is 358 Å². The SMILES string of the molecule is c1ccc(-c2nc(-c3ccccc3)c3cc(-c4cccc5c4oc4ccccc45)ccc3n2)cc1.c1ccc(-c2nc(-c3ccccc3)c3ccc(-c4cccc5c4oc4ccccc45)cc3n2)cc1.c1ccc(-c2nc3ncccc3nc2-c2ccc(-c3cccc4oc5ccccc5c34)cc2)cc1. The topological polar surface area (TPSA) is 130 Å². The Balaban J connectivity index is 0.000000108. The molecule has 7 aromatic heterocycles. The van der Waals surface area contributed by atoms with Crippen molar-refractivity contribution in [1.82, 2.24) is 34.9 Å². The molecule has 14 aromatic carbocycles. The molecule has 10 heteroatoms. The van der Waals surface area contributed by atoms with Crippen LogP contribution in [-0.2, 0) is 0 Å². The molecule has 21 aromatic rings. The Morgan fingerprint density at radius 1 is 0.200 bits per heavy atom. The lowest BCUT2D eigenvalue weighted by molar-refractivity contribution is 0.669. The van der Waals surface area contributed by atoms with Crippen LogP contribution in [0.1, 0.15) is 0 Å². The van der Waals surface area contributed by atoms with Crippen LogP contribution in [0.15, 0.2) is 371 Å². The number of furan rings is 3. The van der Waals surface area contributed by atoms with E-state index in [9.17, 15) is 0 Å². The number of hydrogen-bond acceptors (Lipinski definition) is 10. The summed E-state index contributed by atoms with van der Waals surface area (Å²) >= 11 is 0. The molecule has 492 valence electrons. The molecule has 0 N–H and O–H groups in total. The number of aromatic nitrogens is 7. The quantitative estimate of drug-likeness (QED) is 0.138.